The van der Waals surface area contributed by atoms with Gasteiger partial charge in [-0.05, 0) is 12.1 Å². The second kappa shape index (κ2) is 16.5. The molecule has 0 amide bonds. The maximum atomic E-state index is 10.1. The molecular weight excluding hydrogens is 479 g/mol. The number of aromatic hydroxyl groups is 2. The summed E-state index contributed by atoms with van der Waals surface area (Å²) in [6, 6.07) is 11.1. The fourth-order valence-electron chi connectivity index (χ4n) is 1.92. The Kier molecular flexibility index (Phi) is 14.7. The average Bonchev–Trinajstić information content (AvgIpc) is 3.47. The number of phenolic OH excluding ortho intramolecular Hbond substituents is 2. The van der Waals surface area contributed by atoms with Crippen molar-refractivity contribution in [3.05, 3.63) is 117 Å². The van der Waals surface area contributed by atoms with Gasteiger partial charge in [0.2, 0.25) is 0 Å². The van der Waals surface area contributed by atoms with Crippen molar-refractivity contribution in [2.24, 2.45) is 0 Å². The number of nitro benzene ring substituents is 2. The van der Waals surface area contributed by atoms with Crippen molar-refractivity contribution in [2.75, 3.05) is 0 Å². The number of para-hydroxylation sites is 4. The Morgan fingerprint density at radius 2 is 1.06 bits per heavy atom. The van der Waals surface area contributed by atoms with Crippen molar-refractivity contribution < 1.29 is 46.3 Å². The van der Waals surface area contributed by atoms with Gasteiger partial charge in [0.05, 0.1) is 9.85 Å². The van der Waals surface area contributed by atoms with E-state index in [0.717, 1.165) is 12.8 Å². The Morgan fingerprint density at radius 3 is 1.23 bits per heavy atom. The molecule has 0 fully saturated rings. The summed E-state index contributed by atoms with van der Waals surface area (Å²) in [5.41, 5.74) is -0.523. The first-order chi connectivity index (χ1) is 14.4. The van der Waals surface area contributed by atoms with Crippen molar-refractivity contribution >= 4 is 11.4 Å². The summed E-state index contributed by atoms with van der Waals surface area (Å²) < 4.78 is 0. The van der Waals surface area contributed by atoms with Gasteiger partial charge in [0, 0.05) is 12.1 Å². The molecule has 0 aliphatic heterocycles. The van der Waals surface area contributed by atoms with Gasteiger partial charge in [-0.25, -0.2) is 24.3 Å². The summed E-state index contributed by atoms with van der Waals surface area (Å²) in [5, 5.41) is 37.8. The van der Waals surface area contributed by atoms with Crippen LogP contribution in [0.1, 0.15) is 12.8 Å². The molecular formula is C22H20N2O6Zr. The monoisotopic (exact) mass is 498 g/mol. The largest absolute Gasteiger partial charge is 2.00 e. The second-order valence-corrected chi connectivity index (χ2v) is 5.50. The third-order valence-corrected chi connectivity index (χ3v) is 3.33. The van der Waals surface area contributed by atoms with Crippen LogP contribution < -0.4 is 0 Å². The summed E-state index contributed by atoms with van der Waals surface area (Å²) in [7, 11) is 0. The molecule has 0 heterocycles. The van der Waals surface area contributed by atoms with Crippen LogP contribution in [0.2, 0.25) is 0 Å². The molecule has 8 nitrogen and oxygen atoms in total. The number of hydrogen-bond acceptors (Lipinski definition) is 6. The van der Waals surface area contributed by atoms with Crippen LogP contribution in [0.25, 0.3) is 0 Å². The normalized spacial score (nSPS) is 11.6. The molecule has 2 aromatic carbocycles. The second-order valence-electron chi connectivity index (χ2n) is 5.50. The first-order valence-corrected chi connectivity index (χ1v) is 8.71. The molecule has 2 aliphatic carbocycles. The van der Waals surface area contributed by atoms with Crippen molar-refractivity contribution in [3.8, 4) is 11.5 Å². The molecule has 0 saturated carbocycles. The number of nitro groups is 2. The molecule has 0 aromatic heterocycles. The van der Waals surface area contributed by atoms with Gasteiger partial charge in [0.15, 0.2) is 11.5 Å². The van der Waals surface area contributed by atoms with Gasteiger partial charge in [-0.3, -0.25) is 32.4 Å². The predicted molar refractivity (Wildman–Crippen MR) is 113 cm³/mol. The van der Waals surface area contributed by atoms with Gasteiger partial charge in [-0.2, -0.15) is 12.2 Å². The molecule has 2 aliphatic rings. The topological polar surface area (TPSA) is 127 Å². The molecule has 158 valence electrons. The van der Waals surface area contributed by atoms with Crippen molar-refractivity contribution in [2.45, 2.75) is 12.8 Å². The predicted octanol–water partition coefficient (Wildman–Crippen LogP) is 5.21. The third kappa shape index (κ3) is 12.1. The van der Waals surface area contributed by atoms with Gasteiger partial charge < -0.3 is 10.2 Å². The molecule has 2 aromatic rings. The molecule has 0 spiro atoms. The van der Waals surface area contributed by atoms with Crippen LogP contribution in [-0.2, 0) is 26.2 Å². The van der Waals surface area contributed by atoms with Gasteiger partial charge in [0.25, 0.3) is 0 Å². The Balaban J connectivity index is 0.000000401. The van der Waals surface area contributed by atoms with E-state index < -0.39 is 9.85 Å². The molecule has 9 heteroatoms. The Morgan fingerprint density at radius 1 is 0.710 bits per heavy atom. The molecule has 0 atom stereocenters. The van der Waals surface area contributed by atoms with E-state index in [0.29, 0.717) is 0 Å². The molecule has 4 rings (SSSR count). The van der Waals surface area contributed by atoms with E-state index in [1.807, 2.05) is 24.3 Å². The number of hydrogen-bond donors (Lipinski definition) is 2. The summed E-state index contributed by atoms with van der Waals surface area (Å²) in [5.74, 6) is -0.597. The minimum absolute atomic E-state index is 0. The maximum Gasteiger partial charge on any atom is 2.00 e. The summed E-state index contributed by atoms with van der Waals surface area (Å²) in [4.78, 5) is 18.9. The molecule has 31 heavy (non-hydrogen) atoms. The molecule has 0 unspecified atom stereocenters. The zero-order valence-electron chi connectivity index (χ0n) is 16.4. The maximum absolute atomic E-state index is 10.1. The van der Waals surface area contributed by atoms with E-state index in [9.17, 15) is 20.2 Å². The number of nitrogens with zero attached hydrogens (tertiary/aromatic N) is 2. The first kappa shape index (κ1) is 27.7. The van der Waals surface area contributed by atoms with Crippen molar-refractivity contribution in [1.82, 2.24) is 0 Å². The zero-order chi connectivity index (χ0) is 22.2. The molecule has 0 radical (unpaired) electrons. The zero-order valence-corrected chi connectivity index (χ0v) is 18.9. The molecule has 0 bridgehead atoms. The van der Waals surface area contributed by atoms with Crippen LogP contribution in [0, 0.1) is 32.4 Å². The van der Waals surface area contributed by atoms with E-state index >= 15 is 0 Å². The number of allylic oxidation sites excluding steroid dienone is 8. The number of rotatable bonds is 2. The van der Waals surface area contributed by atoms with Crippen LogP contribution in [0.4, 0.5) is 11.4 Å². The fraction of sp³-hybridized carbons (Fsp3) is 0.0909. The van der Waals surface area contributed by atoms with E-state index in [1.54, 1.807) is 0 Å². The van der Waals surface area contributed by atoms with Gasteiger partial charge in [-0.15, -0.1) is 12.8 Å². The van der Waals surface area contributed by atoms with Crippen LogP contribution in [0.3, 0.4) is 0 Å². The Hall–Kier alpha value is -3.32. The Bertz CT molecular complexity index is 857. The van der Waals surface area contributed by atoms with Crippen LogP contribution in [0.5, 0.6) is 11.5 Å². The quantitative estimate of drug-likeness (QED) is 0.332. The van der Waals surface area contributed by atoms with Crippen molar-refractivity contribution in [1.29, 1.82) is 0 Å². The number of benzene rings is 2. The van der Waals surface area contributed by atoms with Crippen LogP contribution in [0.15, 0.2) is 85.0 Å². The van der Waals surface area contributed by atoms with E-state index in [4.69, 9.17) is 10.2 Å². The van der Waals surface area contributed by atoms with Gasteiger partial charge in [0.1, 0.15) is 0 Å². The average molecular weight is 500 g/mol. The summed E-state index contributed by atoms with van der Waals surface area (Å²) in [6.07, 6.45) is 20.0. The smallest absolute Gasteiger partial charge is 0.502 e. The number of phenols is 2. The van der Waals surface area contributed by atoms with Gasteiger partial charge >= 0.3 is 37.6 Å². The Labute approximate surface area is 199 Å². The van der Waals surface area contributed by atoms with Crippen molar-refractivity contribution in [3.63, 3.8) is 0 Å². The summed E-state index contributed by atoms with van der Waals surface area (Å²) in [6.45, 7) is 0. The SMILES string of the molecule is O=[N+]([O-])c1ccccc1O.O=[N+]([O-])c1ccccc1O.[C-]1=CC=CC1.[C-]1=CC=CC1.[Zr+2]. The standard InChI is InChI=1S/2C6H5NO3.2C5H5.Zr/c2*8-6-4-2-1-3-5(6)7(9)10;2*1-2-4-5-3-1;/h2*1-4,8H;2*1-3H,4H2;/q;;2*-1;+2. The molecule has 0 saturated heterocycles. The van der Waals surface area contributed by atoms with Gasteiger partial charge in [-0.1, -0.05) is 24.3 Å². The fourth-order valence-corrected chi connectivity index (χ4v) is 1.92. The molecule has 2 N–H and O–H groups in total. The van der Waals surface area contributed by atoms with Crippen LogP contribution >= 0.6 is 0 Å². The summed E-state index contributed by atoms with van der Waals surface area (Å²) >= 11 is 0. The van der Waals surface area contributed by atoms with Crippen LogP contribution in [-0.4, -0.2) is 20.1 Å². The minimum atomic E-state index is -0.630. The van der Waals surface area contributed by atoms with E-state index in [-0.39, 0.29) is 49.1 Å². The first-order valence-electron chi connectivity index (χ1n) is 8.71. The van der Waals surface area contributed by atoms with E-state index in [2.05, 4.69) is 24.3 Å². The third-order valence-electron chi connectivity index (χ3n) is 3.33. The minimum Gasteiger partial charge on any atom is -0.502 e. The van der Waals surface area contributed by atoms with E-state index in [1.165, 1.54) is 48.5 Å².